The maximum absolute atomic E-state index is 11.1. The van der Waals surface area contributed by atoms with E-state index in [4.69, 9.17) is 0 Å². The van der Waals surface area contributed by atoms with Crippen LogP contribution in [0.5, 0.6) is 0 Å². The number of hydrogen-bond acceptors (Lipinski definition) is 3. The van der Waals surface area contributed by atoms with E-state index < -0.39 is 0 Å². The number of rotatable bonds is 0. The molecular weight excluding hydrogens is 158 g/mol. The number of β-amino-alcohol motifs (C(OH)–C–C–N with tert-alkyl or cyclic N) is 1. The number of hydrogen-bond donors (Lipinski definition) is 1. The molecule has 0 aromatic carbocycles. The van der Waals surface area contributed by atoms with Crippen LogP contribution in [0.25, 0.3) is 0 Å². The molecule has 0 spiro atoms. The van der Waals surface area contributed by atoms with E-state index in [2.05, 4.69) is 4.74 Å². The van der Waals surface area contributed by atoms with Gasteiger partial charge in [0.15, 0.2) is 0 Å². The van der Waals surface area contributed by atoms with Crippen LogP contribution in [0.3, 0.4) is 0 Å². The summed E-state index contributed by atoms with van der Waals surface area (Å²) in [6.07, 6.45) is 0.881. The summed E-state index contributed by atoms with van der Waals surface area (Å²) in [7, 11) is 1.36. The second-order valence-corrected chi connectivity index (χ2v) is 3.20. The van der Waals surface area contributed by atoms with Crippen molar-refractivity contribution < 1.29 is 14.6 Å². The van der Waals surface area contributed by atoms with Gasteiger partial charge >= 0.3 is 6.09 Å². The number of methoxy groups -OCH3 is 1. The monoisotopic (exact) mass is 173 g/mol. The fourth-order valence-electron chi connectivity index (χ4n) is 1.46. The Morgan fingerprint density at radius 3 is 2.83 bits per heavy atom. The molecule has 70 valence electrons. The van der Waals surface area contributed by atoms with Crippen molar-refractivity contribution in [3.8, 4) is 0 Å². The SMILES string of the molecule is COC(=O)N1C[C@@H](O)CCC1C. The van der Waals surface area contributed by atoms with Gasteiger partial charge in [-0.15, -0.1) is 0 Å². The quantitative estimate of drug-likeness (QED) is 0.583. The third kappa shape index (κ3) is 1.88. The van der Waals surface area contributed by atoms with Gasteiger partial charge in [0, 0.05) is 6.04 Å². The van der Waals surface area contributed by atoms with E-state index in [9.17, 15) is 9.90 Å². The summed E-state index contributed by atoms with van der Waals surface area (Å²) in [4.78, 5) is 12.7. The summed E-state index contributed by atoms with van der Waals surface area (Å²) < 4.78 is 4.58. The smallest absolute Gasteiger partial charge is 0.409 e. The second kappa shape index (κ2) is 3.76. The summed E-state index contributed by atoms with van der Waals surface area (Å²) in [6, 6.07) is 0.181. The maximum atomic E-state index is 11.1. The molecule has 1 amide bonds. The molecule has 0 saturated carbocycles. The number of ether oxygens (including phenoxy) is 1. The van der Waals surface area contributed by atoms with Crippen LogP contribution in [-0.2, 0) is 4.74 Å². The third-order valence-corrected chi connectivity index (χ3v) is 2.27. The Bertz CT molecular complexity index is 172. The van der Waals surface area contributed by atoms with Crippen LogP contribution in [0.1, 0.15) is 19.8 Å². The van der Waals surface area contributed by atoms with Gasteiger partial charge in [-0.05, 0) is 19.8 Å². The average molecular weight is 173 g/mol. The standard InChI is InChI=1S/C8H15NO3/c1-6-3-4-7(10)5-9(6)8(11)12-2/h6-7,10H,3-5H2,1-2H3/t6?,7-/m0/s1. The molecule has 12 heavy (non-hydrogen) atoms. The van der Waals surface area contributed by atoms with Gasteiger partial charge in [-0.1, -0.05) is 0 Å². The van der Waals surface area contributed by atoms with Gasteiger partial charge in [-0.25, -0.2) is 4.79 Å². The predicted molar refractivity (Wildman–Crippen MR) is 43.8 cm³/mol. The van der Waals surface area contributed by atoms with Crippen molar-refractivity contribution in [3.05, 3.63) is 0 Å². The van der Waals surface area contributed by atoms with Crippen molar-refractivity contribution in [3.63, 3.8) is 0 Å². The zero-order valence-electron chi connectivity index (χ0n) is 7.49. The lowest BCUT2D eigenvalue weighted by atomic mass is 10.0. The molecule has 1 aliphatic rings. The first-order valence-corrected chi connectivity index (χ1v) is 4.17. The highest BCUT2D eigenvalue weighted by Gasteiger charge is 2.28. The normalized spacial score (nSPS) is 30.1. The van der Waals surface area contributed by atoms with Crippen LogP contribution in [0.4, 0.5) is 4.79 Å². The highest BCUT2D eigenvalue weighted by Crippen LogP contribution is 2.17. The van der Waals surface area contributed by atoms with Crippen LogP contribution in [-0.4, -0.2) is 41.9 Å². The summed E-state index contributed by atoms with van der Waals surface area (Å²) in [6.45, 7) is 2.36. The Labute approximate surface area is 72.1 Å². The first kappa shape index (κ1) is 9.32. The van der Waals surface area contributed by atoms with Crippen LogP contribution < -0.4 is 0 Å². The van der Waals surface area contributed by atoms with Crippen molar-refractivity contribution in [1.82, 2.24) is 4.90 Å². The second-order valence-electron chi connectivity index (χ2n) is 3.20. The van der Waals surface area contributed by atoms with E-state index >= 15 is 0 Å². The first-order valence-electron chi connectivity index (χ1n) is 4.17. The van der Waals surface area contributed by atoms with E-state index in [1.165, 1.54) is 7.11 Å². The molecule has 2 atom stereocenters. The summed E-state index contributed by atoms with van der Waals surface area (Å²) in [5.74, 6) is 0. The van der Waals surface area contributed by atoms with Crippen LogP contribution in [0.15, 0.2) is 0 Å². The molecule has 0 bridgehead atoms. The molecule has 1 rings (SSSR count). The third-order valence-electron chi connectivity index (χ3n) is 2.27. The summed E-state index contributed by atoms with van der Waals surface area (Å²) in [5.41, 5.74) is 0. The van der Waals surface area contributed by atoms with E-state index in [0.717, 1.165) is 12.8 Å². The topological polar surface area (TPSA) is 49.8 Å². The van der Waals surface area contributed by atoms with Gasteiger partial charge in [0.25, 0.3) is 0 Å². The van der Waals surface area contributed by atoms with E-state index in [0.29, 0.717) is 6.54 Å². The minimum Gasteiger partial charge on any atom is -0.453 e. The molecular formula is C8H15NO3. The Balaban J connectivity index is 2.54. The molecule has 0 aliphatic carbocycles. The first-order chi connectivity index (χ1) is 5.65. The largest absolute Gasteiger partial charge is 0.453 e. The van der Waals surface area contributed by atoms with Gasteiger partial charge in [0.1, 0.15) is 0 Å². The lowest BCUT2D eigenvalue weighted by Gasteiger charge is -2.34. The lowest BCUT2D eigenvalue weighted by Crippen LogP contribution is -2.47. The number of amides is 1. The molecule has 1 saturated heterocycles. The molecule has 1 N–H and O–H groups in total. The van der Waals surface area contributed by atoms with E-state index in [1.807, 2.05) is 6.92 Å². The van der Waals surface area contributed by atoms with Crippen LogP contribution in [0, 0.1) is 0 Å². The van der Waals surface area contributed by atoms with E-state index in [-0.39, 0.29) is 18.2 Å². The highest BCUT2D eigenvalue weighted by atomic mass is 16.5. The molecule has 1 fully saturated rings. The number of piperidine rings is 1. The van der Waals surface area contributed by atoms with Gasteiger partial charge in [-0.3, -0.25) is 0 Å². The van der Waals surface area contributed by atoms with Gasteiger partial charge in [0.2, 0.25) is 0 Å². The number of carbonyl (C=O) groups excluding carboxylic acids is 1. The summed E-state index contributed by atoms with van der Waals surface area (Å²) >= 11 is 0. The van der Waals surface area contributed by atoms with Gasteiger partial charge in [0.05, 0.1) is 19.8 Å². The molecule has 0 aromatic rings. The fraction of sp³-hybridized carbons (Fsp3) is 0.875. The maximum Gasteiger partial charge on any atom is 0.409 e. The molecule has 1 aliphatic heterocycles. The van der Waals surface area contributed by atoms with Crippen molar-refractivity contribution >= 4 is 6.09 Å². The molecule has 1 unspecified atom stereocenters. The van der Waals surface area contributed by atoms with Crippen molar-refractivity contribution in [2.24, 2.45) is 0 Å². The number of aliphatic hydroxyl groups is 1. The number of nitrogens with zero attached hydrogens (tertiary/aromatic N) is 1. The zero-order valence-corrected chi connectivity index (χ0v) is 7.49. The Morgan fingerprint density at radius 1 is 1.58 bits per heavy atom. The Morgan fingerprint density at radius 2 is 2.25 bits per heavy atom. The number of carbonyl (C=O) groups is 1. The van der Waals surface area contributed by atoms with Crippen LogP contribution >= 0.6 is 0 Å². The molecule has 1 heterocycles. The van der Waals surface area contributed by atoms with Crippen molar-refractivity contribution in [1.29, 1.82) is 0 Å². The fourth-order valence-corrected chi connectivity index (χ4v) is 1.46. The van der Waals surface area contributed by atoms with Crippen molar-refractivity contribution in [2.75, 3.05) is 13.7 Å². The molecule has 4 heteroatoms. The van der Waals surface area contributed by atoms with Crippen molar-refractivity contribution in [2.45, 2.75) is 31.9 Å². The number of likely N-dealkylation sites (tertiary alicyclic amines) is 1. The highest BCUT2D eigenvalue weighted by molar-refractivity contribution is 5.67. The Kier molecular flexibility index (Phi) is 2.92. The molecule has 0 aromatic heterocycles. The lowest BCUT2D eigenvalue weighted by molar-refractivity contribution is 0.0350. The predicted octanol–water partition coefficient (Wildman–Crippen LogP) is 0.598. The minimum atomic E-state index is -0.389. The summed E-state index contributed by atoms with van der Waals surface area (Å²) in [5, 5.41) is 9.29. The molecule has 0 radical (unpaired) electrons. The molecule has 4 nitrogen and oxygen atoms in total. The van der Waals surface area contributed by atoms with Gasteiger partial charge < -0.3 is 14.7 Å². The minimum absolute atomic E-state index is 0.181. The van der Waals surface area contributed by atoms with Gasteiger partial charge in [-0.2, -0.15) is 0 Å². The zero-order chi connectivity index (χ0) is 9.14. The van der Waals surface area contributed by atoms with E-state index in [1.54, 1.807) is 4.90 Å². The van der Waals surface area contributed by atoms with Crippen LogP contribution in [0.2, 0.25) is 0 Å². The number of aliphatic hydroxyl groups excluding tert-OH is 1. The Hall–Kier alpha value is -0.770. The average Bonchev–Trinajstić information content (AvgIpc) is 2.08.